The summed E-state index contributed by atoms with van der Waals surface area (Å²) in [5, 5.41) is 3.23. The van der Waals surface area contributed by atoms with Crippen molar-refractivity contribution in [3.05, 3.63) is 28.8 Å². The normalized spacial score (nSPS) is 20.6. The summed E-state index contributed by atoms with van der Waals surface area (Å²) in [7, 11) is 0. The number of benzene rings is 1. The monoisotopic (exact) mass is 265 g/mol. The summed E-state index contributed by atoms with van der Waals surface area (Å²) in [6, 6.07) is 4.56. The van der Waals surface area contributed by atoms with Crippen LogP contribution in [0.2, 0.25) is 5.02 Å². The van der Waals surface area contributed by atoms with Crippen molar-refractivity contribution in [1.29, 1.82) is 0 Å². The Morgan fingerprint density at radius 1 is 1.35 bits per heavy atom. The fourth-order valence-corrected chi connectivity index (χ4v) is 2.14. The van der Waals surface area contributed by atoms with Crippen LogP contribution in [0.5, 0.6) is 5.75 Å². The summed E-state index contributed by atoms with van der Waals surface area (Å²) in [6.07, 6.45) is -2.68. The van der Waals surface area contributed by atoms with Crippen molar-refractivity contribution in [2.24, 2.45) is 0 Å². The molecule has 1 aromatic carbocycles. The van der Waals surface area contributed by atoms with Crippen LogP contribution in [-0.4, -0.2) is 12.9 Å². The first-order valence-electron chi connectivity index (χ1n) is 5.24. The van der Waals surface area contributed by atoms with E-state index < -0.39 is 6.36 Å². The van der Waals surface area contributed by atoms with Gasteiger partial charge >= 0.3 is 6.36 Å². The molecule has 2 nitrogen and oxygen atoms in total. The Labute approximate surface area is 102 Å². The molecule has 1 aromatic rings. The molecule has 1 aliphatic heterocycles. The Hall–Kier alpha value is -0.940. The molecular formula is C11H11ClF3NO. The van der Waals surface area contributed by atoms with Crippen molar-refractivity contribution in [3.63, 3.8) is 0 Å². The maximum Gasteiger partial charge on any atom is 0.573 e. The number of alkyl halides is 3. The van der Waals surface area contributed by atoms with Crippen LogP contribution < -0.4 is 10.1 Å². The first-order chi connectivity index (χ1) is 7.96. The SMILES string of the molecule is FC(F)(F)Oc1ccc([C@H]2CCCN2)cc1Cl. The Bertz CT molecular complexity index is 402. The van der Waals surface area contributed by atoms with Gasteiger partial charge in [0.1, 0.15) is 5.75 Å². The maximum absolute atomic E-state index is 12.0. The van der Waals surface area contributed by atoms with E-state index in [1.807, 2.05) is 0 Å². The quantitative estimate of drug-likeness (QED) is 0.881. The van der Waals surface area contributed by atoms with Crippen molar-refractivity contribution in [3.8, 4) is 5.75 Å². The molecule has 1 N–H and O–H groups in total. The number of rotatable bonds is 2. The minimum absolute atomic E-state index is 0.0199. The van der Waals surface area contributed by atoms with Gasteiger partial charge in [0.05, 0.1) is 5.02 Å². The van der Waals surface area contributed by atoms with Crippen molar-refractivity contribution in [2.45, 2.75) is 25.2 Å². The van der Waals surface area contributed by atoms with Crippen LogP contribution in [0.3, 0.4) is 0 Å². The van der Waals surface area contributed by atoms with Crippen LogP contribution in [0.15, 0.2) is 18.2 Å². The van der Waals surface area contributed by atoms with E-state index in [1.54, 1.807) is 6.07 Å². The summed E-state index contributed by atoms with van der Waals surface area (Å²) in [5.74, 6) is -0.360. The molecule has 1 fully saturated rings. The van der Waals surface area contributed by atoms with Gasteiger partial charge in [0.25, 0.3) is 0 Å². The molecule has 1 aliphatic rings. The average molecular weight is 266 g/mol. The fourth-order valence-electron chi connectivity index (χ4n) is 1.91. The van der Waals surface area contributed by atoms with Gasteiger partial charge in [-0.25, -0.2) is 0 Å². The van der Waals surface area contributed by atoms with Gasteiger partial charge in [-0.2, -0.15) is 0 Å². The molecule has 0 radical (unpaired) electrons. The van der Waals surface area contributed by atoms with E-state index in [4.69, 9.17) is 11.6 Å². The number of halogens is 4. The average Bonchev–Trinajstić information content (AvgIpc) is 2.72. The molecule has 94 valence electrons. The Morgan fingerprint density at radius 3 is 2.65 bits per heavy atom. The topological polar surface area (TPSA) is 21.3 Å². The van der Waals surface area contributed by atoms with Gasteiger partial charge in [-0.05, 0) is 37.1 Å². The summed E-state index contributed by atoms with van der Waals surface area (Å²) < 4.78 is 39.9. The number of ether oxygens (including phenoxy) is 1. The molecule has 0 amide bonds. The lowest BCUT2D eigenvalue weighted by atomic mass is 10.1. The summed E-state index contributed by atoms with van der Waals surface area (Å²) in [6.45, 7) is 0.920. The van der Waals surface area contributed by atoms with E-state index in [0.717, 1.165) is 24.9 Å². The fraction of sp³-hybridized carbons (Fsp3) is 0.455. The molecule has 0 bridgehead atoms. The standard InChI is InChI=1S/C11H11ClF3NO/c12-8-6-7(9-2-1-5-16-9)3-4-10(8)17-11(13,14)15/h3-4,6,9,16H,1-2,5H2/t9-/m1/s1. The molecule has 1 atom stereocenters. The van der Waals surface area contributed by atoms with Crippen LogP contribution in [-0.2, 0) is 0 Å². The lowest BCUT2D eigenvalue weighted by molar-refractivity contribution is -0.274. The Morgan fingerprint density at radius 2 is 2.12 bits per heavy atom. The van der Waals surface area contributed by atoms with E-state index in [1.165, 1.54) is 12.1 Å². The van der Waals surface area contributed by atoms with Gasteiger partial charge in [0.15, 0.2) is 0 Å². The third kappa shape index (κ3) is 3.26. The zero-order chi connectivity index (χ0) is 12.5. The van der Waals surface area contributed by atoms with Crippen molar-refractivity contribution >= 4 is 11.6 Å². The zero-order valence-electron chi connectivity index (χ0n) is 8.85. The first-order valence-corrected chi connectivity index (χ1v) is 5.62. The predicted molar refractivity (Wildman–Crippen MR) is 58.1 cm³/mol. The minimum atomic E-state index is -4.71. The van der Waals surface area contributed by atoms with Gasteiger partial charge < -0.3 is 10.1 Å². The molecule has 0 aliphatic carbocycles. The van der Waals surface area contributed by atoms with Gasteiger partial charge in [-0.15, -0.1) is 13.2 Å². The van der Waals surface area contributed by atoms with Crippen LogP contribution in [0, 0.1) is 0 Å². The van der Waals surface area contributed by atoms with Crippen LogP contribution in [0.25, 0.3) is 0 Å². The van der Waals surface area contributed by atoms with Crippen LogP contribution >= 0.6 is 11.6 Å². The predicted octanol–water partition coefficient (Wildman–Crippen LogP) is 3.66. The molecule has 1 heterocycles. The van der Waals surface area contributed by atoms with Gasteiger partial charge in [-0.1, -0.05) is 17.7 Å². The second-order valence-corrected chi connectivity index (χ2v) is 4.29. The number of hydrogen-bond donors (Lipinski definition) is 1. The molecule has 2 rings (SSSR count). The second kappa shape index (κ2) is 4.74. The van der Waals surface area contributed by atoms with E-state index in [-0.39, 0.29) is 16.8 Å². The highest BCUT2D eigenvalue weighted by atomic mass is 35.5. The highest BCUT2D eigenvalue weighted by Crippen LogP contribution is 2.33. The molecular weight excluding hydrogens is 255 g/mol. The maximum atomic E-state index is 12.0. The molecule has 1 saturated heterocycles. The van der Waals surface area contributed by atoms with E-state index in [9.17, 15) is 13.2 Å². The highest BCUT2D eigenvalue weighted by Gasteiger charge is 2.32. The number of nitrogens with one attached hydrogen (secondary N) is 1. The zero-order valence-corrected chi connectivity index (χ0v) is 9.61. The van der Waals surface area contributed by atoms with Gasteiger partial charge in [-0.3, -0.25) is 0 Å². The lowest BCUT2D eigenvalue weighted by Gasteiger charge is -2.14. The van der Waals surface area contributed by atoms with Crippen molar-refractivity contribution < 1.29 is 17.9 Å². The smallest absolute Gasteiger partial charge is 0.404 e. The Kier molecular flexibility index (Phi) is 3.49. The molecule has 6 heteroatoms. The highest BCUT2D eigenvalue weighted by molar-refractivity contribution is 6.32. The van der Waals surface area contributed by atoms with Crippen molar-refractivity contribution in [2.75, 3.05) is 6.54 Å². The van der Waals surface area contributed by atoms with E-state index in [2.05, 4.69) is 10.1 Å². The minimum Gasteiger partial charge on any atom is -0.404 e. The van der Waals surface area contributed by atoms with Crippen LogP contribution in [0.4, 0.5) is 13.2 Å². The summed E-state index contributed by atoms with van der Waals surface area (Å²) in [5.41, 5.74) is 0.891. The summed E-state index contributed by atoms with van der Waals surface area (Å²) in [4.78, 5) is 0. The molecule has 0 saturated carbocycles. The third-order valence-corrected chi connectivity index (χ3v) is 2.94. The molecule has 0 aromatic heterocycles. The molecule has 0 unspecified atom stereocenters. The number of hydrogen-bond acceptors (Lipinski definition) is 2. The summed E-state index contributed by atoms with van der Waals surface area (Å²) >= 11 is 5.76. The van der Waals surface area contributed by atoms with Gasteiger partial charge in [0, 0.05) is 6.04 Å². The molecule has 17 heavy (non-hydrogen) atoms. The third-order valence-electron chi connectivity index (χ3n) is 2.64. The van der Waals surface area contributed by atoms with Crippen molar-refractivity contribution in [1.82, 2.24) is 5.32 Å². The first kappa shape index (κ1) is 12.5. The van der Waals surface area contributed by atoms with Crippen LogP contribution in [0.1, 0.15) is 24.4 Å². The Balaban J connectivity index is 2.16. The van der Waals surface area contributed by atoms with E-state index >= 15 is 0 Å². The van der Waals surface area contributed by atoms with Gasteiger partial charge in [0.2, 0.25) is 0 Å². The lowest BCUT2D eigenvalue weighted by Crippen LogP contribution is -2.18. The van der Waals surface area contributed by atoms with E-state index in [0.29, 0.717) is 0 Å². The largest absolute Gasteiger partial charge is 0.573 e. The molecule has 0 spiro atoms. The second-order valence-electron chi connectivity index (χ2n) is 3.89.